The Kier molecular flexibility index (Phi) is 4.63. The van der Waals surface area contributed by atoms with Crippen LogP contribution in [-0.4, -0.2) is 11.2 Å². The van der Waals surface area contributed by atoms with Crippen LogP contribution in [0.3, 0.4) is 0 Å². The predicted molar refractivity (Wildman–Crippen MR) is 75.0 cm³/mol. The molecule has 1 aliphatic rings. The zero-order valence-corrected chi connectivity index (χ0v) is 12.0. The second-order valence-electron chi connectivity index (χ2n) is 5.25. The molecule has 1 N–H and O–H groups in total. The molecule has 0 aromatic heterocycles. The molecule has 1 aromatic rings. The highest BCUT2D eigenvalue weighted by molar-refractivity contribution is 9.10. The lowest BCUT2D eigenvalue weighted by atomic mass is 9.93. The third-order valence-electron chi connectivity index (χ3n) is 4.06. The van der Waals surface area contributed by atoms with Gasteiger partial charge in [0.2, 0.25) is 0 Å². The van der Waals surface area contributed by atoms with Crippen molar-refractivity contribution in [3.63, 3.8) is 0 Å². The van der Waals surface area contributed by atoms with E-state index >= 15 is 0 Å². The number of hydrogen-bond donors (Lipinski definition) is 1. The average Bonchev–Trinajstić information content (AvgIpc) is 2.81. The summed E-state index contributed by atoms with van der Waals surface area (Å²) in [5.74, 6) is 1.36. The molecule has 0 aliphatic heterocycles. The van der Waals surface area contributed by atoms with Gasteiger partial charge in [0.15, 0.2) is 0 Å². The first-order chi connectivity index (χ1) is 8.19. The number of aliphatic hydroxyl groups excluding tert-OH is 1. The Morgan fingerprint density at radius 2 is 2.00 bits per heavy atom. The summed E-state index contributed by atoms with van der Waals surface area (Å²) < 4.78 is 1.10. The molecule has 1 aromatic carbocycles. The minimum atomic E-state index is -0.160. The van der Waals surface area contributed by atoms with Crippen molar-refractivity contribution in [1.82, 2.24) is 0 Å². The molecule has 3 unspecified atom stereocenters. The van der Waals surface area contributed by atoms with Gasteiger partial charge < -0.3 is 5.11 Å². The number of rotatable bonds is 4. The summed E-state index contributed by atoms with van der Waals surface area (Å²) in [5.41, 5.74) is 1.24. The van der Waals surface area contributed by atoms with Crippen molar-refractivity contribution in [2.75, 3.05) is 0 Å². The van der Waals surface area contributed by atoms with Crippen LogP contribution in [0.2, 0.25) is 0 Å². The first-order valence-corrected chi connectivity index (χ1v) is 7.41. The summed E-state index contributed by atoms with van der Waals surface area (Å²) in [5, 5.41) is 10.3. The topological polar surface area (TPSA) is 20.2 Å². The predicted octanol–water partition coefficient (Wildman–Crippen LogP) is 4.18. The van der Waals surface area contributed by atoms with Crippen LogP contribution in [-0.2, 0) is 6.42 Å². The minimum Gasteiger partial charge on any atom is -0.392 e. The van der Waals surface area contributed by atoms with Gasteiger partial charge >= 0.3 is 0 Å². The standard InChI is InChI=1S/C15H21BrO/c1-2-11-3-6-13(9-11)15(17)10-12-4-7-14(16)8-5-12/h4-5,7-8,11,13,15,17H,2-3,6,9-10H2,1H3. The largest absolute Gasteiger partial charge is 0.392 e. The van der Waals surface area contributed by atoms with Gasteiger partial charge in [-0.1, -0.05) is 47.8 Å². The van der Waals surface area contributed by atoms with E-state index in [1.54, 1.807) is 0 Å². The fourth-order valence-electron chi connectivity index (χ4n) is 2.86. The van der Waals surface area contributed by atoms with E-state index < -0.39 is 0 Å². The molecule has 0 amide bonds. The number of hydrogen-bond acceptors (Lipinski definition) is 1. The Bertz CT molecular complexity index is 346. The van der Waals surface area contributed by atoms with Gasteiger partial charge in [0, 0.05) is 4.47 Å². The van der Waals surface area contributed by atoms with Crippen LogP contribution in [0.1, 0.15) is 38.2 Å². The Hall–Kier alpha value is -0.340. The zero-order chi connectivity index (χ0) is 12.3. The van der Waals surface area contributed by atoms with Crippen molar-refractivity contribution < 1.29 is 5.11 Å². The highest BCUT2D eigenvalue weighted by Gasteiger charge is 2.28. The lowest BCUT2D eigenvalue weighted by molar-refractivity contribution is 0.108. The molecule has 1 fully saturated rings. The van der Waals surface area contributed by atoms with Crippen LogP contribution < -0.4 is 0 Å². The van der Waals surface area contributed by atoms with Gasteiger partial charge in [0.1, 0.15) is 0 Å². The molecule has 1 saturated carbocycles. The molecule has 0 radical (unpaired) electrons. The maximum atomic E-state index is 10.3. The molecular formula is C15H21BrO. The maximum Gasteiger partial charge on any atom is 0.0608 e. The van der Waals surface area contributed by atoms with Crippen molar-refractivity contribution in [1.29, 1.82) is 0 Å². The molecule has 1 aliphatic carbocycles. The molecule has 17 heavy (non-hydrogen) atoms. The molecule has 2 rings (SSSR count). The molecule has 2 heteroatoms. The van der Waals surface area contributed by atoms with Gasteiger partial charge in [-0.2, -0.15) is 0 Å². The number of benzene rings is 1. The first kappa shape index (κ1) is 13.1. The fraction of sp³-hybridized carbons (Fsp3) is 0.600. The van der Waals surface area contributed by atoms with Gasteiger partial charge in [-0.3, -0.25) is 0 Å². The smallest absolute Gasteiger partial charge is 0.0608 e. The van der Waals surface area contributed by atoms with E-state index in [1.165, 1.54) is 31.2 Å². The van der Waals surface area contributed by atoms with Crippen LogP contribution in [0.25, 0.3) is 0 Å². The van der Waals surface area contributed by atoms with E-state index in [2.05, 4.69) is 35.0 Å². The monoisotopic (exact) mass is 296 g/mol. The molecule has 94 valence electrons. The van der Waals surface area contributed by atoms with E-state index in [1.807, 2.05) is 12.1 Å². The van der Waals surface area contributed by atoms with E-state index in [0.717, 1.165) is 16.8 Å². The van der Waals surface area contributed by atoms with Gasteiger partial charge in [-0.05, 0) is 48.8 Å². The lowest BCUT2D eigenvalue weighted by Gasteiger charge is -2.18. The molecule has 0 saturated heterocycles. The van der Waals surface area contributed by atoms with Crippen molar-refractivity contribution in [3.05, 3.63) is 34.3 Å². The van der Waals surface area contributed by atoms with Gasteiger partial charge in [0.25, 0.3) is 0 Å². The Morgan fingerprint density at radius 1 is 1.29 bits per heavy atom. The van der Waals surface area contributed by atoms with E-state index in [9.17, 15) is 5.11 Å². The molecule has 0 heterocycles. The Balaban J connectivity index is 1.89. The van der Waals surface area contributed by atoms with Crippen molar-refractivity contribution in [2.24, 2.45) is 11.8 Å². The quantitative estimate of drug-likeness (QED) is 0.884. The molecule has 0 spiro atoms. The van der Waals surface area contributed by atoms with E-state index in [0.29, 0.717) is 5.92 Å². The normalized spacial score (nSPS) is 26.1. The lowest BCUT2D eigenvalue weighted by Crippen LogP contribution is -2.20. The van der Waals surface area contributed by atoms with E-state index in [-0.39, 0.29) is 6.10 Å². The minimum absolute atomic E-state index is 0.160. The number of halogens is 1. The molecule has 1 nitrogen and oxygen atoms in total. The summed E-state index contributed by atoms with van der Waals surface area (Å²) in [6.45, 7) is 2.26. The first-order valence-electron chi connectivity index (χ1n) is 6.61. The summed E-state index contributed by atoms with van der Waals surface area (Å²) in [7, 11) is 0. The van der Waals surface area contributed by atoms with Gasteiger partial charge in [0.05, 0.1) is 6.10 Å². The zero-order valence-electron chi connectivity index (χ0n) is 10.4. The van der Waals surface area contributed by atoms with Crippen molar-refractivity contribution in [3.8, 4) is 0 Å². The number of aliphatic hydroxyl groups is 1. The second kappa shape index (κ2) is 6.01. The third-order valence-corrected chi connectivity index (χ3v) is 4.59. The summed E-state index contributed by atoms with van der Waals surface area (Å²) in [4.78, 5) is 0. The fourth-order valence-corrected chi connectivity index (χ4v) is 3.13. The van der Waals surface area contributed by atoms with Crippen LogP contribution >= 0.6 is 15.9 Å². The van der Waals surface area contributed by atoms with Gasteiger partial charge in [-0.15, -0.1) is 0 Å². The van der Waals surface area contributed by atoms with Crippen LogP contribution in [0.15, 0.2) is 28.7 Å². The van der Waals surface area contributed by atoms with Crippen LogP contribution in [0.4, 0.5) is 0 Å². The third kappa shape index (κ3) is 3.56. The molecule has 3 atom stereocenters. The van der Waals surface area contributed by atoms with Crippen molar-refractivity contribution >= 4 is 15.9 Å². The second-order valence-corrected chi connectivity index (χ2v) is 6.16. The van der Waals surface area contributed by atoms with Crippen LogP contribution in [0.5, 0.6) is 0 Å². The molecular weight excluding hydrogens is 276 g/mol. The van der Waals surface area contributed by atoms with E-state index in [4.69, 9.17) is 0 Å². The van der Waals surface area contributed by atoms with Gasteiger partial charge in [-0.25, -0.2) is 0 Å². The van der Waals surface area contributed by atoms with Crippen molar-refractivity contribution in [2.45, 2.75) is 45.1 Å². The van der Waals surface area contributed by atoms with Crippen LogP contribution in [0, 0.1) is 11.8 Å². The SMILES string of the molecule is CCC1CCC(C(O)Cc2ccc(Br)cc2)C1. The maximum absolute atomic E-state index is 10.3. The summed E-state index contributed by atoms with van der Waals surface area (Å²) >= 11 is 3.43. The highest BCUT2D eigenvalue weighted by Crippen LogP contribution is 2.35. The summed E-state index contributed by atoms with van der Waals surface area (Å²) in [6, 6.07) is 8.29. The average molecular weight is 297 g/mol. The Labute approximate surface area is 112 Å². The Morgan fingerprint density at radius 3 is 2.59 bits per heavy atom. The highest BCUT2D eigenvalue weighted by atomic mass is 79.9. The molecule has 0 bridgehead atoms. The summed E-state index contributed by atoms with van der Waals surface area (Å²) in [6.07, 6.45) is 5.63.